The minimum Gasteiger partial charge on any atom is -0.377 e. The number of fused-ring (bicyclic) bond motifs is 1. The Hall–Kier alpha value is -3.49. The van der Waals surface area contributed by atoms with Crippen LogP contribution in [0.15, 0.2) is 48.5 Å². The van der Waals surface area contributed by atoms with Crippen LogP contribution < -0.4 is 4.90 Å². The molecule has 180 valence electrons. The molecule has 1 fully saturated rings. The molecule has 0 saturated carbocycles. The second-order valence-corrected chi connectivity index (χ2v) is 9.15. The number of carbonyl (C=O) groups is 1. The van der Waals surface area contributed by atoms with Gasteiger partial charge in [-0.2, -0.15) is 5.10 Å². The van der Waals surface area contributed by atoms with Crippen LogP contribution in [0.2, 0.25) is 5.02 Å². The van der Waals surface area contributed by atoms with E-state index in [-0.39, 0.29) is 5.91 Å². The molecule has 0 radical (unpaired) electrons. The first-order valence-corrected chi connectivity index (χ1v) is 11.9. The van der Waals surface area contributed by atoms with Crippen molar-refractivity contribution in [3.05, 3.63) is 76.2 Å². The molecule has 1 aliphatic rings. The number of aryl methyl sites for hydroxylation is 2. The number of nitrogens with zero attached hydrogens (tertiary/aromatic N) is 6. The summed E-state index contributed by atoms with van der Waals surface area (Å²) >= 11 is 5.97. The van der Waals surface area contributed by atoms with E-state index in [4.69, 9.17) is 31.4 Å². The molecule has 1 aliphatic heterocycles. The van der Waals surface area contributed by atoms with Gasteiger partial charge in [0.15, 0.2) is 11.5 Å². The summed E-state index contributed by atoms with van der Waals surface area (Å²) in [5, 5.41) is 6.35. The Balaban J connectivity index is 1.46. The molecule has 5 rings (SSSR count). The lowest BCUT2D eigenvalue weighted by Crippen LogP contribution is -2.49. The van der Waals surface area contributed by atoms with E-state index in [9.17, 15) is 4.79 Å². The summed E-state index contributed by atoms with van der Waals surface area (Å²) in [4.78, 5) is 26.7. The molecule has 1 amide bonds. The monoisotopic (exact) mass is 490 g/mol. The summed E-state index contributed by atoms with van der Waals surface area (Å²) in [6.45, 7) is 6.85. The first-order chi connectivity index (χ1) is 16.9. The van der Waals surface area contributed by atoms with Gasteiger partial charge in [-0.15, -0.1) is 0 Å². The molecule has 35 heavy (non-hydrogen) atoms. The van der Waals surface area contributed by atoms with Crippen molar-refractivity contribution >= 4 is 34.4 Å². The normalized spacial score (nSPS) is 14.1. The molecule has 9 heteroatoms. The lowest BCUT2D eigenvalue weighted by atomic mass is 10.1. The van der Waals surface area contributed by atoms with Gasteiger partial charge in [-0.05, 0) is 50.2 Å². The topological polar surface area (TPSA) is 76.4 Å². The summed E-state index contributed by atoms with van der Waals surface area (Å²) in [7, 11) is 1.64. The second-order valence-electron chi connectivity index (χ2n) is 8.71. The van der Waals surface area contributed by atoms with Crippen LogP contribution in [0.5, 0.6) is 0 Å². The van der Waals surface area contributed by atoms with E-state index in [1.54, 1.807) is 31.4 Å². The Kier molecular flexibility index (Phi) is 6.40. The van der Waals surface area contributed by atoms with Gasteiger partial charge in [0.1, 0.15) is 12.4 Å². The fourth-order valence-corrected chi connectivity index (χ4v) is 4.52. The minimum absolute atomic E-state index is 0.0117. The van der Waals surface area contributed by atoms with E-state index in [2.05, 4.69) is 24.0 Å². The van der Waals surface area contributed by atoms with Crippen molar-refractivity contribution in [2.75, 3.05) is 38.2 Å². The number of methoxy groups -OCH3 is 1. The average Bonchev–Trinajstić information content (AvgIpc) is 3.20. The van der Waals surface area contributed by atoms with Crippen LogP contribution in [-0.2, 0) is 11.3 Å². The first-order valence-electron chi connectivity index (χ1n) is 11.6. The molecular weight excluding hydrogens is 464 g/mol. The van der Waals surface area contributed by atoms with Crippen molar-refractivity contribution in [3.63, 3.8) is 0 Å². The summed E-state index contributed by atoms with van der Waals surface area (Å²) in [6.07, 6.45) is 0. The molecule has 4 aromatic rings. The number of rotatable bonds is 5. The zero-order valence-corrected chi connectivity index (χ0v) is 20.8. The van der Waals surface area contributed by atoms with E-state index in [0.717, 1.165) is 28.2 Å². The van der Waals surface area contributed by atoms with Gasteiger partial charge in [0.05, 0.1) is 16.8 Å². The molecule has 3 heterocycles. The molecule has 0 N–H and O–H groups in total. The molecular formula is C26H27ClN6O2. The highest BCUT2D eigenvalue weighted by Gasteiger charge is 2.27. The van der Waals surface area contributed by atoms with Crippen LogP contribution in [-0.4, -0.2) is 63.8 Å². The fraction of sp³-hybridized carbons (Fsp3) is 0.308. The van der Waals surface area contributed by atoms with Gasteiger partial charge in [-0.25, -0.2) is 14.6 Å². The number of halogens is 1. The Morgan fingerprint density at radius 3 is 2.31 bits per heavy atom. The van der Waals surface area contributed by atoms with E-state index in [1.807, 2.05) is 28.6 Å². The van der Waals surface area contributed by atoms with Crippen molar-refractivity contribution in [2.45, 2.75) is 20.5 Å². The number of carbonyl (C=O) groups excluding carboxylic acids is 1. The molecule has 1 saturated heterocycles. The summed E-state index contributed by atoms with van der Waals surface area (Å²) < 4.78 is 7.23. The number of hydrogen-bond donors (Lipinski definition) is 0. The Labute approximate surface area is 209 Å². The van der Waals surface area contributed by atoms with Gasteiger partial charge in [-0.1, -0.05) is 29.3 Å². The van der Waals surface area contributed by atoms with Crippen molar-refractivity contribution in [1.29, 1.82) is 0 Å². The van der Waals surface area contributed by atoms with Gasteiger partial charge in [0, 0.05) is 43.9 Å². The number of ether oxygens (including phenoxy) is 1. The smallest absolute Gasteiger partial charge is 0.253 e. The Morgan fingerprint density at radius 2 is 1.66 bits per heavy atom. The highest BCUT2D eigenvalue weighted by Crippen LogP contribution is 2.30. The molecule has 2 aromatic heterocycles. The lowest BCUT2D eigenvalue weighted by Gasteiger charge is -2.35. The lowest BCUT2D eigenvalue weighted by molar-refractivity contribution is 0.0746. The summed E-state index contributed by atoms with van der Waals surface area (Å²) in [6, 6.07) is 15.2. The third-order valence-corrected chi connectivity index (χ3v) is 6.49. The number of benzene rings is 2. The van der Waals surface area contributed by atoms with E-state index in [0.29, 0.717) is 49.2 Å². The molecule has 8 nitrogen and oxygen atoms in total. The predicted octanol–water partition coefficient (Wildman–Crippen LogP) is 4.19. The third-order valence-electron chi connectivity index (χ3n) is 6.24. The molecule has 0 atom stereocenters. The van der Waals surface area contributed by atoms with Crippen LogP contribution in [0.1, 0.15) is 27.4 Å². The van der Waals surface area contributed by atoms with Crippen molar-refractivity contribution < 1.29 is 9.53 Å². The van der Waals surface area contributed by atoms with Crippen molar-refractivity contribution in [3.8, 4) is 5.69 Å². The predicted molar refractivity (Wildman–Crippen MR) is 136 cm³/mol. The molecule has 2 aromatic carbocycles. The summed E-state index contributed by atoms with van der Waals surface area (Å²) in [5.74, 6) is 1.44. The van der Waals surface area contributed by atoms with Crippen LogP contribution in [0.4, 0.5) is 5.82 Å². The molecule has 0 unspecified atom stereocenters. The number of hydrogen-bond acceptors (Lipinski definition) is 6. The molecule has 0 bridgehead atoms. The largest absolute Gasteiger partial charge is 0.377 e. The van der Waals surface area contributed by atoms with Crippen LogP contribution >= 0.6 is 11.6 Å². The number of aromatic nitrogens is 4. The fourth-order valence-electron chi connectivity index (χ4n) is 4.39. The van der Waals surface area contributed by atoms with Crippen molar-refractivity contribution in [2.24, 2.45) is 0 Å². The van der Waals surface area contributed by atoms with E-state index < -0.39 is 0 Å². The second kappa shape index (κ2) is 9.64. The first kappa shape index (κ1) is 23.3. The maximum Gasteiger partial charge on any atom is 0.253 e. The number of piperazine rings is 1. The Bertz CT molecular complexity index is 1360. The molecule has 0 aliphatic carbocycles. The number of anilines is 1. The highest BCUT2D eigenvalue weighted by molar-refractivity contribution is 6.30. The maximum atomic E-state index is 13.0. The van der Waals surface area contributed by atoms with Crippen LogP contribution in [0, 0.1) is 13.8 Å². The van der Waals surface area contributed by atoms with E-state index >= 15 is 0 Å². The standard InChI is InChI=1S/C26H27ClN6O2/c1-17-4-10-21(11-5-17)33-25-23(18(2)30-33)24(28-22(29-25)16-35-3)31-12-14-32(15-13-31)26(34)19-6-8-20(27)9-7-19/h4-11H,12-16H2,1-3H3. The highest BCUT2D eigenvalue weighted by atomic mass is 35.5. The zero-order chi connectivity index (χ0) is 24.5. The number of amides is 1. The van der Waals surface area contributed by atoms with Crippen LogP contribution in [0.3, 0.4) is 0 Å². The zero-order valence-electron chi connectivity index (χ0n) is 20.0. The third kappa shape index (κ3) is 4.59. The van der Waals surface area contributed by atoms with Crippen LogP contribution in [0.25, 0.3) is 16.7 Å². The minimum atomic E-state index is 0.0117. The summed E-state index contributed by atoms with van der Waals surface area (Å²) in [5.41, 5.74) is 4.38. The van der Waals surface area contributed by atoms with Crippen molar-refractivity contribution in [1.82, 2.24) is 24.6 Å². The quantitative estimate of drug-likeness (QED) is 0.417. The van der Waals surface area contributed by atoms with E-state index in [1.165, 1.54) is 5.56 Å². The van der Waals surface area contributed by atoms with Gasteiger partial charge in [-0.3, -0.25) is 4.79 Å². The maximum absolute atomic E-state index is 13.0. The Morgan fingerprint density at radius 1 is 0.971 bits per heavy atom. The SMILES string of the molecule is COCc1nc(N2CCN(C(=O)c3ccc(Cl)cc3)CC2)c2c(C)nn(-c3ccc(C)cc3)c2n1. The van der Waals surface area contributed by atoms with Gasteiger partial charge in [0.2, 0.25) is 0 Å². The van der Waals surface area contributed by atoms with Gasteiger partial charge in [0.25, 0.3) is 5.91 Å². The molecule has 0 spiro atoms. The van der Waals surface area contributed by atoms with Gasteiger partial charge >= 0.3 is 0 Å². The van der Waals surface area contributed by atoms with Gasteiger partial charge < -0.3 is 14.5 Å². The average molecular weight is 491 g/mol.